The van der Waals surface area contributed by atoms with Gasteiger partial charge in [0.25, 0.3) is 0 Å². The van der Waals surface area contributed by atoms with Crippen LogP contribution in [0.25, 0.3) is 0 Å². The second-order valence-electron chi connectivity index (χ2n) is 3.94. The van der Waals surface area contributed by atoms with Crippen LogP contribution in [0, 0.1) is 0 Å². The fourth-order valence-electron chi connectivity index (χ4n) is 1.28. The Labute approximate surface area is 88.7 Å². The highest BCUT2D eigenvalue weighted by Gasteiger charge is 2.09. The van der Waals surface area contributed by atoms with Crippen molar-refractivity contribution in [3.05, 3.63) is 12.2 Å². The van der Waals surface area contributed by atoms with E-state index in [0.29, 0.717) is 12.1 Å². The van der Waals surface area contributed by atoms with Crippen LogP contribution in [-0.2, 0) is 4.74 Å². The Bertz CT molecular complexity index is 154. The van der Waals surface area contributed by atoms with E-state index in [-0.39, 0.29) is 0 Å². The van der Waals surface area contributed by atoms with Crippen molar-refractivity contribution in [1.82, 2.24) is 5.32 Å². The molecule has 0 saturated heterocycles. The minimum atomic E-state index is 0.311. The third kappa shape index (κ3) is 7.10. The summed E-state index contributed by atoms with van der Waals surface area (Å²) in [7, 11) is 0. The lowest BCUT2D eigenvalue weighted by atomic mass is 10.1. The van der Waals surface area contributed by atoms with Gasteiger partial charge < -0.3 is 10.1 Å². The summed E-state index contributed by atoms with van der Waals surface area (Å²) in [5, 5.41) is 3.42. The topological polar surface area (TPSA) is 21.3 Å². The molecule has 84 valence electrons. The number of hydrogen-bond donors (Lipinski definition) is 1. The van der Waals surface area contributed by atoms with Gasteiger partial charge in [-0.15, -0.1) is 0 Å². The molecule has 14 heavy (non-hydrogen) atoms. The maximum absolute atomic E-state index is 5.60. The Morgan fingerprint density at radius 1 is 1.36 bits per heavy atom. The average Bonchev–Trinajstić information content (AvgIpc) is 2.14. The summed E-state index contributed by atoms with van der Waals surface area (Å²) in [6.45, 7) is 14.2. The summed E-state index contributed by atoms with van der Waals surface area (Å²) < 4.78 is 5.60. The minimum Gasteiger partial charge on any atom is -0.377 e. The van der Waals surface area contributed by atoms with Gasteiger partial charge in [0.15, 0.2) is 0 Å². The van der Waals surface area contributed by atoms with Crippen LogP contribution in [-0.4, -0.2) is 25.3 Å². The number of nitrogens with one attached hydrogen (secondary N) is 1. The molecule has 0 amide bonds. The molecule has 0 bridgehead atoms. The Morgan fingerprint density at radius 3 is 2.43 bits per heavy atom. The number of ether oxygens (including phenoxy) is 1. The van der Waals surface area contributed by atoms with Crippen LogP contribution in [0.3, 0.4) is 0 Å². The normalized spacial score (nSPS) is 13.2. The molecule has 0 aromatic heterocycles. The number of hydrogen-bond acceptors (Lipinski definition) is 2. The largest absolute Gasteiger partial charge is 0.377 e. The zero-order valence-electron chi connectivity index (χ0n) is 10.1. The van der Waals surface area contributed by atoms with Gasteiger partial charge in [-0.05, 0) is 33.2 Å². The van der Waals surface area contributed by atoms with E-state index in [9.17, 15) is 0 Å². The first kappa shape index (κ1) is 13.7. The van der Waals surface area contributed by atoms with Gasteiger partial charge >= 0.3 is 0 Å². The van der Waals surface area contributed by atoms with Crippen molar-refractivity contribution >= 4 is 0 Å². The molecular weight excluding hydrogens is 174 g/mol. The van der Waals surface area contributed by atoms with Gasteiger partial charge in [-0.2, -0.15) is 0 Å². The van der Waals surface area contributed by atoms with Crippen molar-refractivity contribution in [3.63, 3.8) is 0 Å². The van der Waals surface area contributed by atoms with Crippen LogP contribution in [0.2, 0.25) is 0 Å². The molecule has 0 fully saturated rings. The highest BCUT2D eigenvalue weighted by molar-refractivity contribution is 4.96. The van der Waals surface area contributed by atoms with E-state index in [1.807, 2.05) is 0 Å². The molecule has 0 aliphatic heterocycles. The lowest BCUT2D eigenvalue weighted by Gasteiger charge is -2.20. The molecule has 0 saturated carbocycles. The van der Waals surface area contributed by atoms with Crippen molar-refractivity contribution < 1.29 is 4.74 Å². The van der Waals surface area contributed by atoms with Crippen LogP contribution in [0.15, 0.2) is 12.2 Å². The summed E-state index contributed by atoms with van der Waals surface area (Å²) >= 11 is 0. The van der Waals surface area contributed by atoms with Gasteiger partial charge in [0.1, 0.15) is 0 Å². The molecule has 0 rings (SSSR count). The summed E-state index contributed by atoms with van der Waals surface area (Å²) in [4.78, 5) is 0. The van der Waals surface area contributed by atoms with Gasteiger partial charge in [0.05, 0.1) is 12.7 Å². The molecule has 0 radical (unpaired) electrons. The van der Waals surface area contributed by atoms with Crippen molar-refractivity contribution in [1.29, 1.82) is 0 Å². The standard InChI is InChI=1S/C12H25NO/c1-6-11(5)8-12(13-7-2)9-14-10(3)4/h10,12-13H,5-9H2,1-4H3. The third-order valence-corrected chi connectivity index (χ3v) is 2.16. The summed E-state index contributed by atoms with van der Waals surface area (Å²) in [5.74, 6) is 0. The van der Waals surface area contributed by atoms with Crippen LogP contribution < -0.4 is 5.32 Å². The van der Waals surface area contributed by atoms with E-state index >= 15 is 0 Å². The second-order valence-corrected chi connectivity index (χ2v) is 3.94. The van der Waals surface area contributed by atoms with Crippen molar-refractivity contribution in [2.24, 2.45) is 0 Å². The zero-order valence-corrected chi connectivity index (χ0v) is 10.1. The highest BCUT2D eigenvalue weighted by Crippen LogP contribution is 2.08. The SMILES string of the molecule is C=C(CC)CC(COC(C)C)NCC. The maximum atomic E-state index is 5.60. The van der Waals surface area contributed by atoms with E-state index in [1.165, 1.54) is 5.57 Å². The van der Waals surface area contributed by atoms with Crippen LogP contribution in [0.1, 0.15) is 40.5 Å². The second kappa shape index (κ2) is 8.01. The van der Waals surface area contributed by atoms with Gasteiger partial charge in [-0.25, -0.2) is 0 Å². The summed E-state index contributed by atoms with van der Waals surface area (Å²) in [5.41, 5.74) is 1.29. The van der Waals surface area contributed by atoms with E-state index < -0.39 is 0 Å². The van der Waals surface area contributed by atoms with E-state index in [2.05, 4.69) is 39.6 Å². The average molecular weight is 199 g/mol. The summed E-state index contributed by atoms with van der Waals surface area (Å²) in [6, 6.07) is 0.426. The molecule has 2 heteroatoms. The monoisotopic (exact) mass is 199 g/mol. The maximum Gasteiger partial charge on any atom is 0.0626 e. The Balaban J connectivity index is 3.82. The molecule has 1 N–H and O–H groups in total. The Kier molecular flexibility index (Phi) is 7.81. The molecule has 0 aromatic rings. The Hall–Kier alpha value is -0.340. The number of likely N-dealkylation sites (N-methyl/N-ethyl adjacent to an activating group) is 1. The van der Waals surface area contributed by atoms with Crippen molar-refractivity contribution in [2.75, 3.05) is 13.2 Å². The molecule has 0 heterocycles. The lowest BCUT2D eigenvalue weighted by Crippen LogP contribution is -2.34. The minimum absolute atomic E-state index is 0.311. The first-order valence-electron chi connectivity index (χ1n) is 5.61. The molecular formula is C12H25NO. The highest BCUT2D eigenvalue weighted by atomic mass is 16.5. The zero-order chi connectivity index (χ0) is 11.0. The van der Waals surface area contributed by atoms with E-state index in [4.69, 9.17) is 4.74 Å². The Morgan fingerprint density at radius 2 is 2.00 bits per heavy atom. The molecule has 0 spiro atoms. The fraction of sp³-hybridized carbons (Fsp3) is 0.833. The third-order valence-electron chi connectivity index (χ3n) is 2.16. The van der Waals surface area contributed by atoms with E-state index in [1.54, 1.807) is 0 Å². The lowest BCUT2D eigenvalue weighted by molar-refractivity contribution is 0.0615. The summed E-state index contributed by atoms with van der Waals surface area (Å²) in [6.07, 6.45) is 2.40. The smallest absolute Gasteiger partial charge is 0.0626 e. The van der Waals surface area contributed by atoms with Crippen molar-refractivity contribution in [3.8, 4) is 0 Å². The molecule has 0 aromatic carbocycles. The van der Waals surface area contributed by atoms with Gasteiger partial charge in [0, 0.05) is 6.04 Å². The van der Waals surface area contributed by atoms with Gasteiger partial charge in [-0.1, -0.05) is 26.0 Å². The quantitative estimate of drug-likeness (QED) is 0.607. The predicted octanol–water partition coefficient (Wildman–Crippen LogP) is 2.75. The van der Waals surface area contributed by atoms with Gasteiger partial charge in [-0.3, -0.25) is 0 Å². The fourth-order valence-corrected chi connectivity index (χ4v) is 1.28. The first-order valence-corrected chi connectivity index (χ1v) is 5.61. The van der Waals surface area contributed by atoms with Gasteiger partial charge in [0.2, 0.25) is 0 Å². The first-order chi connectivity index (χ1) is 6.60. The molecule has 0 aliphatic carbocycles. The van der Waals surface area contributed by atoms with Crippen LogP contribution in [0.4, 0.5) is 0 Å². The van der Waals surface area contributed by atoms with Crippen LogP contribution >= 0.6 is 0 Å². The van der Waals surface area contributed by atoms with Crippen molar-refractivity contribution in [2.45, 2.75) is 52.7 Å². The van der Waals surface area contributed by atoms with E-state index in [0.717, 1.165) is 26.0 Å². The molecule has 1 atom stereocenters. The van der Waals surface area contributed by atoms with Crippen LogP contribution in [0.5, 0.6) is 0 Å². The molecule has 2 nitrogen and oxygen atoms in total. The molecule has 0 aliphatic rings. The predicted molar refractivity (Wildman–Crippen MR) is 62.6 cm³/mol. The number of rotatable bonds is 8. The molecule has 1 unspecified atom stereocenters.